The average Bonchev–Trinajstić information content (AvgIpc) is 3.55. The molecule has 0 bridgehead atoms. The van der Waals surface area contributed by atoms with Gasteiger partial charge in [0.15, 0.2) is 0 Å². The monoisotopic (exact) mass is 540 g/mol. The van der Waals surface area contributed by atoms with Gasteiger partial charge >= 0.3 is 6.09 Å². The number of benzene rings is 1. The van der Waals surface area contributed by atoms with E-state index in [1.54, 1.807) is 17.1 Å². The lowest BCUT2D eigenvalue weighted by atomic mass is 10.0. The van der Waals surface area contributed by atoms with Crippen molar-refractivity contribution in [2.24, 2.45) is 0 Å². The van der Waals surface area contributed by atoms with Gasteiger partial charge in [0.1, 0.15) is 17.3 Å². The average molecular weight is 541 g/mol. The van der Waals surface area contributed by atoms with Crippen molar-refractivity contribution < 1.29 is 14.3 Å². The number of hydrogen-bond donors (Lipinski definition) is 3. The first-order valence-electron chi connectivity index (χ1n) is 13.2. The molecule has 3 aromatic heterocycles. The van der Waals surface area contributed by atoms with Gasteiger partial charge in [0.2, 0.25) is 0 Å². The summed E-state index contributed by atoms with van der Waals surface area (Å²) in [6.07, 6.45) is 7.56. The van der Waals surface area contributed by atoms with Crippen LogP contribution in [0.2, 0.25) is 0 Å². The summed E-state index contributed by atoms with van der Waals surface area (Å²) in [5, 5.41) is 20.8. The predicted molar refractivity (Wildman–Crippen MR) is 151 cm³/mol. The molecule has 1 aromatic carbocycles. The highest BCUT2D eigenvalue weighted by atomic mass is 16.6. The maximum Gasteiger partial charge on any atom is 0.407 e. The molecule has 11 nitrogen and oxygen atoms in total. The zero-order valence-corrected chi connectivity index (χ0v) is 22.8. The number of rotatable bonds is 6. The van der Waals surface area contributed by atoms with Crippen molar-refractivity contribution in [3.63, 3.8) is 0 Å². The Kier molecular flexibility index (Phi) is 7.42. The second kappa shape index (κ2) is 11.1. The van der Waals surface area contributed by atoms with Crippen molar-refractivity contribution in [2.75, 3.05) is 23.3 Å². The lowest BCUT2D eigenvalue weighted by Gasteiger charge is -2.35. The van der Waals surface area contributed by atoms with E-state index in [1.807, 2.05) is 51.1 Å². The van der Waals surface area contributed by atoms with Crippen LogP contribution < -0.4 is 15.5 Å². The third-order valence-corrected chi connectivity index (χ3v) is 6.58. The van der Waals surface area contributed by atoms with Crippen molar-refractivity contribution >= 4 is 34.4 Å². The lowest BCUT2D eigenvalue weighted by Crippen LogP contribution is -2.49. The Morgan fingerprint density at radius 3 is 2.77 bits per heavy atom. The smallest absolute Gasteiger partial charge is 0.407 e. The summed E-state index contributed by atoms with van der Waals surface area (Å²) < 4.78 is 7.15. The van der Waals surface area contributed by atoms with Gasteiger partial charge in [0.25, 0.3) is 5.91 Å². The van der Waals surface area contributed by atoms with Crippen molar-refractivity contribution in [1.29, 1.82) is 5.26 Å². The number of nitrogens with zero attached hydrogens (tertiary/aromatic N) is 5. The number of alkyl carbamates (subject to hydrolysis) is 1. The molecule has 206 valence electrons. The van der Waals surface area contributed by atoms with Crippen LogP contribution >= 0.6 is 0 Å². The Morgan fingerprint density at radius 1 is 1.23 bits per heavy atom. The Labute approximate surface area is 232 Å². The molecule has 1 aliphatic heterocycles. The molecule has 40 heavy (non-hydrogen) atoms. The van der Waals surface area contributed by atoms with Gasteiger partial charge in [-0.05, 0) is 39.2 Å². The maximum absolute atomic E-state index is 13.2. The van der Waals surface area contributed by atoms with Gasteiger partial charge in [-0.1, -0.05) is 30.3 Å². The summed E-state index contributed by atoms with van der Waals surface area (Å²) in [6, 6.07) is 12.0. The normalized spacial score (nSPS) is 15.4. The second-order valence-corrected chi connectivity index (χ2v) is 10.9. The van der Waals surface area contributed by atoms with E-state index in [-0.39, 0.29) is 11.9 Å². The summed E-state index contributed by atoms with van der Waals surface area (Å²) in [6.45, 7) is 7.19. The highest BCUT2D eigenvalue weighted by Crippen LogP contribution is 2.36. The first-order valence-corrected chi connectivity index (χ1v) is 13.2. The van der Waals surface area contributed by atoms with Crippen LogP contribution in [0.1, 0.15) is 55.1 Å². The van der Waals surface area contributed by atoms with E-state index in [1.165, 1.54) is 12.4 Å². The van der Waals surface area contributed by atoms with Gasteiger partial charge in [0, 0.05) is 37.7 Å². The molecule has 3 N–H and O–H groups in total. The number of nitrogens with one attached hydrogen (secondary N) is 3. The minimum absolute atomic E-state index is 0.161. The first-order chi connectivity index (χ1) is 19.2. The van der Waals surface area contributed by atoms with Crippen LogP contribution in [0.5, 0.6) is 0 Å². The molecule has 4 heterocycles. The topological polar surface area (TPSA) is 141 Å². The van der Waals surface area contributed by atoms with Crippen LogP contribution in [0.4, 0.5) is 16.2 Å². The highest BCUT2D eigenvalue weighted by molar-refractivity contribution is 6.11. The van der Waals surface area contributed by atoms with E-state index in [2.05, 4.69) is 36.7 Å². The third-order valence-electron chi connectivity index (χ3n) is 6.58. The number of ether oxygens (including phenoxy) is 1. The van der Waals surface area contributed by atoms with Crippen molar-refractivity contribution in [2.45, 2.75) is 51.8 Å². The zero-order valence-electron chi connectivity index (χ0n) is 22.8. The van der Waals surface area contributed by atoms with Gasteiger partial charge in [0.05, 0.1) is 40.6 Å². The largest absolute Gasteiger partial charge is 0.444 e. The summed E-state index contributed by atoms with van der Waals surface area (Å²) >= 11 is 0. The summed E-state index contributed by atoms with van der Waals surface area (Å²) in [7, 11) is 0. The number of nitriles is 1. The molecule has 1 atom stereocenters. The van der Waals surface area contributed by atoms with E-state index < -0.39 is 11.7 Å². The molecule has 1 fully saturated rings. The Bertz CT molecular complexity index is 1560. The molecule has 0 unspecified atom stereocenters. The standard InChI is InChI=1S/C29H32N8O3/c1-29(2,3)40-28(39)34-22-10-7-11-36(18-22)25-20(12-30)13-31-26-24(25)23(15-32-26)35-27(38)21-14-33-37(17-21)16-19-8-5-4-6-9-19/h4-6,8-9,13-15,17,22H,7,10-11,16,18H2,1-3H3,(H,31,32)(H,34,39)(H,35,38)/t22-/m1/s1. The number of aromatic nitrogens is 4. The molecule has 11 heteroatoms. The van der Waals surface area contributed by atoms with E-state index >= 15 is 0 Å². The molecule has 4 aromatic rings. The molecule has 1 saturated heterocycles. The van der Waals surface area contributed by atoms with Gasteiger partial charge < -0.3 is 25.3 Å². The Morgan fingerprint density at radius 2 is 2.02 bits per heavy atom. The number of H-pyrrole nitrogens is 1. The summed E-state index contributed by atoms with van der Waals surface area (Å²) in [5.74, 6) is -0.323. The molecule has 5 rings (SSSR count). The van der Waals surface area contributed by atoms with Crippen LogP contribution in [-0.2, 0) is 11.3 Å². The predicted octanol–water partition coefficient (Wildman–Crippen LogP) is 4.43. The maximum atomic E-state index is 13.2. The van der Waals surface area contributed by atoms with Gasteiger partial charge in [-0.15, -0.1) is 0 Å². The number of hydrogen-bond acceptors (Lipinski definition) is 7. The summed E-state index contributed by atoms with van der Waals surface area (Å²) in [5.41, 5.74) is 3.00. The molecule has 0 saturated carbocycles. The minimum atomic E-state index is -0.597. The lowest BCUT2D eigenvalue weighted by molar-refractivity contribution is 0.0500. The molecule has 1 aliphatic rings. The molecule has 2 amide bonds. The molecule has 0 spiro atoms. The molecule has 0 radical (unpaired) electrons. The number of carbonyl (C=O) groups is 2. The number of piperidine rings is 1. The van der Waals surface area contributed by atoms with Crippen molar-refractivity contribution in [1.82, 2.24) is 25.1 Å². The third kappa shape index (κ3) is 6.07. The molecular weight excluding hydrogens is 508 g/mol. The van der Waals surface area contributed by atoms with Crippen LogP contribution in [-0.4, -0.2) is 56.5 Å². The van der Waals surface area contributed by atoms with E-state index in [9.17, 15) is 14.9 Å². The molecule has 0 aliphatic carbocycles. The van der Waals surface area contributed by atoms with E-state index in [4.69, 9.17) is 4.74 Å². The number of pyridine rings is 1. The number of fused-ring (bicyclic) bond motifs is 1. The van der Waals surface area contributed by atoms with Crippen LogP contribution in [0.3, 0.4) is 0 Å². The highest BCUT2D eigenvalue weighted by Gasteiger charge is 2.28. The number of carbonyl (C=O) groups excluding carboxylic acids is 2. The van der Waals surface area contributed by atoms with E-state index in [0.29, 0.717) is 53.2 Å². The summed E-state index contributed by atoms with van der Waals surface area (Å²) in [4.78, 5) is 35.2. The fraction of sp³-hybridized carbons (Fsp3) is 0.345. The van der Waals surface area contributed by atoms with Gasteiger partial charge in [-0.2, -0.15) is 10.4 Å². The van der Waals surface area contributed by atoms with E-state index in [0.717, 1.165) is 18.4 Å². The SMILES string of the molecule is CC(C)(C)OC(=O)N[C@@H]1CCCN(c2c(C#N)cnc3[nH]cc(NC(=O)c4cnn(Cc5ccccc5)c4)c23)C1. The Hall–Kier alpha value is -4.85. The van der Waals surface area contributed by atoms with Crippen LogP contribution in [0.15, 0.2) is 55.1 Å². The van der Waals surface area contributed by atoms with Crippen molar-refractivity contribution in [3.05, 3.63) is 71.8 Å². The van der Waals surface area contributed by atoms with Crippen LogP contribution in [0, 0.1) is 11.3 Å². The number of anilines is 2. The number of aromatic amines is 1. The fourth-order valence-electron chi connectivity index (χ4n) is 4.89. The first kappa shape index (κ1) is 26.7. The Balaban J connectivity index is 1.38. The minimum Gasteiger partial charge on any atom is -0.444 e. The van der Waals surface area contributed by atoms with Gasteiger partial charge in [-0.25, -0.2) is 9.78 Å². The fourth-order valence-corrected chi connectivity index (χ4v) is 4.89. The van der Waals surface area contributed by atoms with Crippen molar-refractivity contribution in [3.8, 4) is 6.07 Å². The molecular formula is C29H32N8O3. The quantitative estimate of drug-likeness (QED) is 0.329. The van der Waals surface area contributed by atoms with Crippen LogP contribution in [0.25, 0.3) is 11.0 Å². The number of amides is 2. The zero-order chi connectivity index (χ0) is 28.3. The second-order valence-electron chi connectivity index (χ2n) is 10.9. The van der Waals surface area contributed by atoms with Gasteiger partial charge in [-0.3, -0.25) is 9.48 Å².